The summed E-state index contributed by atoms with van der Waals surface area (Å²) in [7, 11) is 1.86. The Morgan fingerprint density at radius 3 is 2.56 bits per heavy atom. The van der Waals surface area contributed by atoms with E-state index in [1.54, 1.807) is 4.90 Å². The molecule has 0 spiro atoms. The fourth-order valence-corrected chi connectivity index (χ4v) is 3.42. The topological polar surface area (TPSA) is 26.8 Å². The van der Waals surface area contributed by atoms with Crippen molar-refractivity contribution in [2.75, 3.05) is 39.8 Å². The Morgan fingerprint density at radius 1 is 1.28 bits per heavy atom. The Bertz CT molecular complexity index is 546. The van der Waals surface area contributed by atoms with Gasteiger partial charge in [0.25, 0.3) is 0 Å². The van der Waals surface area contributed by atoms with Crippen LogP contribution in [0.3, 0.4) is 0 Å². The SMILES string of the molecule is CCN(C)C(=O)CN1CCCN(Cc2ccc(F)cc2)C(C(C)C)C1. The zero-order valence-electron chi connectivity index (χ0n) is 16.0. The Balaban J connectivity index is 2.04. The van der Waals surface area contributed by atoms with E-state index in [0.717, 1.165) is 44.7 Å². The lowest BCUT2D eigenvalue weighted by Gasteiger charge is -2.34. The molecule has 1 unspecified atom stereocenters. The second kappa shape index (κ2) is 9.30. The molecule has 1 aromatic rings. The van der Waals surface area contributed by atoms with E-state index in [2.05, 4.69) is 23.6 Å². The highest BCUT2D eigenvalue weighted by molar-refractivity contribution is 5.77. The molecule has 1 atom stereocenters. The van der Waals surface area contributed by atoms with E-state index in [0.29, 0.717) is 18.5 Å². The van der Waals surface area contributed by atoms with Crippen LogP contribution < -0.4 is 0 Å². The third-order valence-electron chi connectivity index (χ3n) is 5.16. The van der Waals surface area contributed by atoms with Gasteiger partial charge in [0, 0.05) is 39.3 Å². The van der Waals surface area contributed by atoms with Crippen LogP contribution >= 0.6 is 0 Å². The summed E-state index contributed by atoms with van der Waals surface area (Å²) in [5.41, 5.74) is 1.14. The van der Waals surface area contributed by atoms with Crippen molar-refractivity contribution in [1.82, 2.24) is 14.7 Å². The summed E-state index contributed by atoms with van der Waals surface area (Å²) >= 11 is 0. The normalized spacial score (nSPS) is 19.8. The van der Waals surface area contributed by atoms with Crippen LogP contribution in [0.5, 0.6) is 0 Å². The summed E-state index contributed by atoms with van der Waals surface area (Å²) in [6.07, 6.45) is 1.05. The second-order valence-corrected chi connectivity index (χ2v) is 7.40. The number of benzene rings is 1. The number of nitrogens with zero attached hydrogens (tertiary/aromatic N) is 3. The van der Waals surface area contributed by atoms with Gasteiger partial charge in [0.15, 0.2) is 0 Å². The zero-order valence-corrected chi connectivity index (χ0v) is 16.0. The standard InChI is InChI=1S/C20H32FN3O/c1-5-22(4)20(25)15-23-11-6-12-24(19(14-23)16(2)3)13-17-7-9-18(21)10-8-17/h7-10,16,19H,5-6,11-15H2,1-4H3. The van der Waals surface area contributed by atoms with Crippen LogP contribution in [0.15, 0.2) is 24.3 Å². The molecule has 0 aliphatic carbocycles. The molecule has 140 valence electrons. The number of likely N-dealkylation sites (N-methyl/N-ethyl adjacent to an activating group) is 1. The predicted molar refractivity (Wildman–Crippen MR) is 99.8 cm³/mol. The molecule has 25 heavy (non-hydrogen) atoms. The molecule has 0 saturated carbocycles. The van der Waals surface area contributed by atoms with Crippen molar-refractivity contribution in [1.29, 1.82) is 0 Å². The molecule has 2 rings (SSSR count). The van der Waals surface area contributed by atoms with Crippen molar-refractivity contribution >= 4 is 5.91 Å². The Morgan fingerprint density at radius 2 is 1.96 bits per heavy atom. The molecule has 0 radical (unpaired) electrons. The molecule has 1 fully saturated rings. The van der Waals surface area contributed by atoms with Crippen LogP contribution in [0.1, 0.15) is 32.8 Å². The first-order valence-corrected chi connectivity index (χ1v) is 9.35. The molecule has 0 bridgehead atoms. The first-order chi connectivity index (χ1) is 11.9. The van der Waals surface area contributed by atoms with E-state index >= 15 is 0 Å². The fraction of sp³-hybridized carbons (Fsp3) is 0.650. The predicted octanol–water partition coefficient (Wildman–Crippen LogP) is 2.84. The average Bonchev–Trinajstić information content (AvgIpc) is 2.78. The third-order valence-corrected chi connectivity index (χ3v) is 5.16. The van der Waals surface area contributed by atoms with Crippen molar-refractivity contribution in [2.24, 2.45) is 5.92 Å². The molecule has 5 heteroatoms. The van der Waals surface area contributed by atoms with E-state index < -0.39 is 0 Å². The number of rotatable bonds is 6. The summed E-state index contributed by atoms with van der Waals surface area (Å²) in [6, 6.07) is 7.20. The van der Waals surface area contributed by atoms with Gasteiger partial charge in [0.05, 0.1) is 6.54 Å². The molecular formula is C20H32FN3O. The van der Waals surface area contributed by atoms with Gasteiger partial charge in [-0.15, -0.1) is 0 Å². The summed E-state index contributed by atoms with van der Waals surface area (Å²) in [6.45, 7) is 11.4. The highest BCUT2D eigenvalue weighted by atomic mass is 19.1. The van der Waals surface area contributed by atoms with Gasteiger partial charge in [0.2, 0.25) is 5.91 Å². The van der Waals surface area contributed by atoms with Gasteiger partial charge in [0.1, 0.15) is 5.82 Å². The highest BCUT2D eigenvalue weighted by Gasteiger charge is 2.28. The lowest BCUT2D eigenvalue weighted by atomic mass is 10.0. The van der Waals surface area contributed by atoms with Gasteiger partial charge in [-0.3, -0.25) is 14.6 Å². The summed E-state index contributed by atoms with van der Waals surface area (Å²) in [4.78, 5) is 18.8. The molecule has 1 aromatic carbocycles. The van der Waals surface area contributed by atoms with Gasteiger partial charge in [-0.2, -0.15) is 0 Å². The highest BCUT2D eigenvalue weighted by Crippen LogP contribution is 2.20. The van der Waals surface area contributed by atoms with Gasteiger partial charge in [-0.25, -0.2) is 4.39 Å². The van der Waals surface area contributed by atoms with E-state index in [1.807, 2.05) is 26.1 Å². The number of hydrogen-bond donors (Lipinski definition) is 0. The Kier molecular flexibility index (Phi) is 7.38. The van der Waals surface area contributed by atoms with Crippen LogP contribution in [0, 0.1) is 11.7 Å². The summed E-state index contributed by atoms with van der Waals surface area (Å²) in [5, 5.41) is 0. The molecule has 4 nitrogen and oxygen atoms in total. The van der Waals surface area contributed by atoms with Crippen LogP contribution in [0.25, 0.3) is 0 Å². The third kappa shape index (κ3) is 5.79. The summed E-state index contributed by atoms with van der Waals surface area (Å²) < 4.78 is 13.1. The van der Waals surface area contributed by atoms with Gasteiger partial charge >= 0.3 is 0 Å². The van der Waals surface area contributed by atoms with E-state index in [1.165, 1.54) is 12.1 Å². The molecule has 1 amide bonds. The maximum absolute atomic E-state index is 13.1. The van der Waals surface area contributed by atoms with E-state index in [4.69, 9.17) is 0 Å². The number of halogens is 1. The second-order valence-electron chi connectivity index (χ2n) is 7.40. The number of hydrogen-bond acceptors (Lipinski definition) is 3. The molecule has 1 aliphatic heterocycles. The van der Waals surface area contributed by atoms with Gasteiger partial charge < -0.3 is 4.90 Å². The maximum atomic E-state index is 13.1. The van der Waals surface area contributed by atoms with Crippen molar-refractivity contribution < 1.29 is 9.18 Å². The average molecular weight is 349 g/mol. The lowest BCUT2D eigenvalue weighted by molar-refractivity contribution is -0.131. The van der Waals surface area contributed by atoms with Gasteiger partial charge in [-0.1, -0.05) is 26.0 Å². The molecule has 0 N–H and O–H groups in total. The lowest BCUT2D eigenvalue weighted by Crippen LogP contribution is -2.46. The smallest absolute Gasteiger partial charge is 0.236 e. The molecule has 1 saturated heterocycles. The number of carbonyl (C=O) groups is 1. The van der Waals surface area contributed by atoms with Crippen LogP contribution in [-0.2, 0) is 11.3 Å². The van der Waals surface area contributed by atoms with Crippen molar-refractivity contribution in [3.05, 3.63) is 35.6 Å². The van der Waals surface area contributed by atoms with E-state index in [-0.39, 0.29) is 11.7 Å². The number of carbonyl (C=O) groups excluding carboxylic acids is 1. The van der Waals surface area contributed by atoms with Crippen LogP contribution in [-0.4, -0.2) is 66.4 Å². The van der Waals surface area contributed by atoms with Crippen molar-refractivity contribution in [2.45, 2.75) is 39.8 Å². The van der Waals surface area contributed by atoms with Gasteiger partial charge in [-0.05, 0) is 43.5 Å². The van der Waals surface area contributed by atoms with Crippen LogP contribution in [0.2, 0.25) is 0 Å². The molecular weight excluding hydrogens is 317 g/mol. The monoisotopic (exact) mass is 349 g/mol. The van der Waals surface area contributed by atoms with Crippen molar-refractivity contribution in [3.63, 3.8) is 0 Å². The van der Waals surface area contributed by atoms with Crippen molar-refractivity contribution in [3.8, 4) is 0 Å². The Labute approximate surface area is 151 Å². The fourth-order valence-electron chi connectivity index (χ4n) is 3.42. The quantitative estimate of drug-likeness (QED) is 0.790. The largest absolute Gasteiger partial charge is 0.345 e. The first-order valence-electron chi connectivity index (χ1n) is 9.35. The zero-order chi connectivity index (χ0) is 18.4. The van der Waals surface area contributed by atoms with E-state index in [9.17, 15) is 9.18 Å². The molecule has 1 heterocycles. The number of amides is 1. The summed E-state index contributed by atoms with van der Waals surface area (Å²) in [5.74, 6) is 0.502. The Hall–Kier alpha value is -1.46. The minimum atomic E-state index is -0.190. The van der Waals surface area contributed by atoms with Crippen LogP contribution in [0.4, 0.5) is 4.39 Å². The first kappa shape index (κ1) is 19.9. The maximum Gasteiger partial charge on any atom is 0.236 e. The minimum absolute atomic E-state index is 0.190. The molecule has 1 aliphatic rings. The minimum Gasteiger partial charge on any atom is -0.345 e. The molecule has 0 aromatic heterocycles.